The molecule has 0 aromatic carbocycles. The zero-order chi connectivity index (χ0) is 11.5. The van der Waals surface area contributed by atoms with Crippen LogP contribution in [0, 0.1) is 5.92 Å². The molecule has 0 fully saturated rings. The molecule has 0 bridgehead atoms. The summed E-state index contributed by atoms with van der Waals surface area (Å²) in [5.74, 6) is 1.36. The predicted octanol–water partition coefficient (Wildman–Crippen LogP) is 1.91. The van der Waals surface area contributed by atoms with Crippen LogP contribution in [0.2, 0.25) is 0 Å². The highest BCUT2D eigenvalue weighted by Crippen LogP contribution is 2.07. The molecule has 0 atom stereocenters. The average molecular weight is 217 g/mol. The van der Waals surface area contributed by atoms with E-state index in [2.05, 4.69) is 28.8 Å². The van der Waals surface area contributed by atoms with Crippen LogP contribution in [0.25, 0.3) is 10.9 Å². The number of aryl methyl sites for hydroxylation is 1. The summed E-state index contributed by atoms with van der Waals surface area (Å²) in [6.45, 7) is 4.31. The van der Waals surface area contributed by atoms with E-state index in [0.717, 1.165) is 18.7 Å². The third-order valence-electron chi connectivity index (χ3n) is 2.52. The molecule has 2 rings (SSSR count). The highest BCUT2D eigenvalue weighted by molar-refractivity contribution is 5.75. The number of hydrogen-bond acceptors (Lipinski definition) is 3. The molecular formula is C12H15N3O. The van der Waals surface area contributed by atoms with Crippen LogP contribution in [-0.4, -0.2) is 15.0 Å². The Morgan fingerprint density at radius 1 is 1.44 bits per heavy atom. The lowest BCUT2D eigenvalue weighted by molar-refractivity contribution is 0.575. The van der Waals surface area contributed by atoms with Crippen LogP contribution in [0.3, 0.4) is 0 Å². The second-order valence-electron chi connectivity index (χ2n) is 4.34. The first-order chi connectivity index (χ1) is 7.66. The molecule has 0 saturated heterocycles. The summed E-state index contributed by atoms with van der Waals surface area (Å²) in [4.78, 5) is 22.9. The van der Waals surface area contributed by atoms with Gasteiger partial charge in [0.05, 0.1) is 17.1 Å². The molecule has 1 N–H and O–H groups in total. The van der Waals surface area contributed by atoms with Crippen molar-refractivity contribution in [3.63, 3.8) is 0 Å². The van der Waals surface area contributed by atoms with E-state index in [4.69, 9.17) is 0 Å². The molecule has 2 aromatic heterocycles. The average Bonchev–Trinajstić information content (AvgIpc) is 2.26. The van der Waals surface area contributed by atoms with Crippen molar-refractivity contribution in [2.75, 3.05) is 0 Å². The topological polar surface area (TPSA) is 58.6 Å². The first-order valence-electron chi connectivity index (χ1n) is 5.49. The van der Waals surface area contributed by atoms with Crippen LogP contribution in [-0.2, 0) is 6.42 Å². The second kappa shape index (κ2) is 4.43. The molecule has 0 aliphatic rings. The normalized spacial score (nSPS) is 11.2. The predicted molar refractivity (Wildman–Crippen MR) is 63.3 cm³/mol. The number of aromatic nitrogens is 3. The Morgan fingerprint density at radius 2 is 2.25 bits per heavy atom. The van der Waals surface area contributed by atoms with Gasteiger partial charge in [0.25, 0.3) is 5.56 Å². The summed E-state index contributed by atoms with van der Waals surface area (Å²) in [6.07, 6.45) is 5.06. The summed E-state index contributed by atoms with van der Waals surface area (Å²) in [6, 6.07) is 1.69. The summed E-state index contributed by atoms with van der Waals surface area (Å²) in [5, 5.41) is 0.600. The third kappa shape index (κ3) is 2.27. The van der Waals surface area contributed by atoms with Gasteiger partial charge in [-0.2, -0.15) is 0 Å². The molecule has 2 heterocycles. The Labute approximate surface area is 93.8 Å². The van der Waals surface area contributed by atoms with E-state index in [1.807, 2.05) is 0 Å². The van der Waals surface area contributed by atoms with Crippen LogP contribution < -0.4 is 5.56 Å². The minimum Gasteiger partial charge on any atom is -0.310 e. The number of rotatable bonds is 3. The molecule has 0 aliphatic heterocycles. The number of nitrogens with zero attached hydrogens (tertiary/aromatic N) is 2. The van der Waals surface area contributed by atoms with Gasteiger partial charge in [-0.25, -0.2) is 4.98 Å². The Morgan fingerprint density at radius 3 is 3.00 bits per heavy atom. The van der Waals surface area contributed by atoms with Crippen LogP contribution in [0.5, 0.6) is 0 Å². The van der Waals surface area contributed by atoms with Crippen molar-refractivity contribution in [2.45, 2.75) is 26.7 Å². The van der Waals surface area contributed by atoms with Crippen molar-refractivity contribution in [1.29, 1.82) is 0 Å². The fourth-order valence-corrected chi connectivity index (χ4v) is 1.58. The van der Waals surface area contributed by atoms with Gasteiger partial charge in [0.2, 0.25) is 0 Å². The molecule has 0 amide bonds. The summed E-state index contributed by atoms with van der Waals surface area (Å²) in [7, 11) is 0. The Kier molecular flexibility index (Phi) is 2.99. The van der Waals surface area contributed by atoms with Crippen LogP contribution in [0.1, 0.15) is 26.1 Å². The van der Waals surface area contributed by atoms with Gasteiger partial charge in [-0.15, -0.1) is 0 Å². The summed E-state index contributed by atoms with van der Waals surface area (Å²) >= 11 is 0. The molecular weight excluding hydrogens is 202 g/mol. The van der Waals surface area contributed by atoms with Gasteiger partial charge in [0.1, 0.15) is 5.82 Å². The highest BCUT2D eigenvalue weighted by Gasteiger charge is 2.04. The van der Waals surface area contributed by atoms with Crippen molar-refractivity contribution in [1.82, 2.24) is 15.0 Å². The van der Waals surface area contributed by atoms with Crippen molar-refractivity contribution in [3.8, 4) is 0 Å². The molecule has 0 spiro atoms. The maximum Gasteiger partial charge on any atom is 0.258 e. The lowest BCUT2D eigenvalue weighted by Crippen LogP contribution is -2.12. The lowest BCUT2D eigenvalue weighted by Gasteiger charge is -2.04. The van der Waals surface area contributed by atoms with E-state index < -0.39 is 0 Å². The van der Waals surface area contributed by atoms with E-state index >= 15 is 0 Å². The molecule has 0 aliphatic carbocycles. The minimum atomic E-state index is -0.0776. The van der Waals surface area contributed by atoms with Crippen LogP contribution >= 0.6 is 0 Å². The first kappa shape index (κ1) is 10.8. The lowest BCUT2D eigenvalue weighted by atomic mass is 10.1. The first-order valence-corrected chi connectivity index (χ1v) is 5.49. The van der Waals surface area contributed by atoms with Gasteiger partial charge in [-0.05, 0) is 18.4 Å². The maximum atomic E-state index is 11.7. The van der Waals surface area contributed by atoms with Crippen molar-refractivity contribution < 1.29 is 0 Å². The minimum absolute atomic E-state index is 0.0776. The smallest absolute Gasteiger partial charge is 0.258 e. The largest absolute Gasteiger partial charge is 0.310 e. The van der Waals surface area contributed by atoms with E-state index in [0.29, 0.717) is 16.8 Å². The van der Waals surface area contributed by atoms with Crippen molar-refractivity contribution in [2.24, 2.45) is 5.92 Å². The van der Waals surface area contributed by atoms with E-state index in [1.54, 1.807) is 18.5 Å². The second-order valence-corrected chi connectivity index (χ2v) is 4.34. The monoisotopic (exact) mass is 217 g/mol. The van der Waals surface area contributed by atoms with E-state index in [9.17, 15) is 4.79 Å². The molecule has 4 heteroatoms. The van der Waals surface area contributed by atoms with Gasteiger partial charge >= 0.3 is 0 Å². The standard InChI is InChI=1S/C12H15N3O/c1-8(2)3-4-11-14-10-7-13-6-5-9(10)12(16)15-11/h5-8H,3-4H2,1-2H3,(H,14,15,16). The SMILES string of the molecule is CC(C)CCc1nc2cnccc2c(=O)[nH]1. The summed E-state index contributed by atoms with van der Waals surface area (Å²) in [5.41, 5.74) is 0.594. The molecule has 0 radical (unpaired) electrons. The Balaban J connectivity index is 2.38. The molecule has 84 valence electrons. The van der Waals surface area contributed by atoms with Crippen molar-refractivity contribution >= 4 is 10.9 Å². The van der Waals surface area contributed by atoms with E-state index in [1.165, 1.54) is 0 Å². The fraction of sp³-hybridized carbons (Fsp3) is 0.417. The zero-order valence-electron chi connectivity index (χ0n) is 9.53. The number of pyridine rings is 1. The quantitative estimate of drug-likeness (QED) is 0.854. The van der Waals surface area contributed by atoms with Crippen molar-refractivity contribution in [3.05, 3.63) is 34.6 Å². The number of hydrogen-bond donors (Lipinski definition) is 1. The number of nitrogens with one attached hydrogen (secondary N) is 1. The van der Waals surface area contributed by atoms with Crippen LogP contribution in [0.15, 0.2) is 23.3 Å². The number of fused-ring (bicyclic) bond motifs is 1. The zero-order valence-corrected chi connectivity index (χ0v) is 9.53. The fourth-order valence-electron chi connectivity index (χ4n) is 1.58. The summed E-state index contributed by atoms with van der Waals surface area (Å²) < 4.78 is 0. The molecule has 16 heavy (non-hydrogen) atoms. The van der Waals surface area contributed by atoms with Crippen LogP contribution in [0.4, 0.5) is 0 Å². The molecule has 0 saturated carbocycles. The molecule has 4 nitrogen and oxygen atoms in total. The van der Waals surface area contributed by atoms with Gasteiger partial charge in [-0.1, -0.05) is 13.8 Å². The van der Waals surface area contributed by atoms with Gasteiger partial charge in [0, 0.05) is 12.6 Å². The van der Waals surface area contributed by atoms with Gasteiger partial charge in [0.15, 0.2) is 0 Å². The molecule has 0 unspecified atom stereocenters. The van der Waals surface area contributed by atoms with E-state index in [-0.39, 0.29) is 5.56 Å². The van der Waals surface area contributed by atoms with Gasteiger partial charge in [-0.3, -0.25) is 9.78 Å². The third-order valence-corrected chi connectivity index (χ3v) is 2.52. The molecule has 2 aromatic rings. The highest BCUT2D eigenvalue weighted by atomic mass is 16.1. The number of aromatic amines is 1. The Hall–Kier alpha value is -1.71. The number of H-pyrrole nitrogens is 1. The maximum absolute atomic E-state index is 11.7. The Bertz CT molecular complexity index is 545. The van der Waals surface area contributed by atoms with Gasteiger partial charge < -0.3 is 4.98 Å².